The van der Waals surface area contributed by atoms with Gasteiger partial charge in [-0.05, 0) is 94.8 Å². The largest absolute Gasteiger partial charge is 0.459 e. The molecule has 3 unspecified atom stereocenters. The van der Waals surface area contributed by atoms with Crippen molar-refractivity contribution in [2.24, 2.45) is 17.8 Å². The van der Waals surface area contributed by atoms with Crippen LogP contribution in [0.4, 0.5) is 0 Å². The Balaban J connectivity index is 2.17. The van der Waals surface area contributed by atoms with Crippen molar-refractivity contribution in [2.75, 3.05) is 34.8 Å². The number of hydrogen-bond acceptors (Lipinski definition) is 14. The van der Waals surface area contributed by atoms with Gasteiger partial charge in [0.2, 0.25) is 0 Å². The van der Waals surface area contributed by atoms with E-state index in [9.17, 15) is 30.3 Å². The van der Waals surface area contributed by atoms with Crippen LogP contribution >= 0.6 is 0 Å². The van der Waals surface area contributed by atoms with Gasteiger partial charge in [0, 0.05) is 38.1 Å². The van der Waals surface area contributed by atoms with E-state index in [1.165, 1.54) is 14.0 Å². The van der Waals surface area contributed by atoms with Gasteiger partial charge in [-0.2, -0.15) is 0 Å². The van der Waals surface area contributed by atoms with Crippen molar-refractivity contribution in [3.8, 4) is 0 Å². The minimum Gasteiger partial charge on any atom is -0.459 e. The number of rotatable bonds is 7. The lowest BCUT2D eigenvalue weighted by molar-refractivity contribution is -0.318. The Labute approximate surface area is 312 Å². The standard InChI is InChI=1S/C38H72N2O12/c1-15-27-38(10,46)31(42)24(6)40(13)19-20(2)17-36(8,45)33(52-35-29(41)26(39(11)12)16-21(3)48-35)22(4)30(23(5)34(44)50-27)51-28-18-37(9,47-14)32(43)25(7)49-28/h20-33,35,41-43,45-46H,15-19H2,1-14H3/t20-,21-,22+,23-,24-,25+,26+,27-,28?,29-,30?,31-,32+,33-,35+,36-,37?,38-/m1/s1. The molecule has 0 spiro atoms. The van der Waals surface area contributed by atoms with Crippen molar-refractivity contribution < 1.29 is 58.7 Å². The number of carbonyl (C=O) groups is 1. The number of aliphatic hydroxyl groups excluding tert-OH is 3. The van der Waals surface area contributed by atoms with E-state index in [1.54, 1.807) is 41.5 Å². The van der Waals surface area contributed by atoms with Crippen LogP contribution in [0, 0.1) is 17.8 Å². The number of ether oxygens (including phenoxy) is 6. The van der Waals surface area contributed by atoms with E-state index < -0.39 is 96.0 Å². The summed E-state index contributed by atoms with van der Waals surface area (Å²) in [6.07, 6.45) is -8.19. The monoisotopic (exact) mass is 749 g/mol. The van der Waals surface area contributed by atoms with Gasteiger partial charge >= 0.3 is 5.97 Å². The maximum Gasteiger partial charge on any atom is 0.311 e. The predicted molar refractivity (Wildman–Crippen MR) is 194 cm³/mol. The summed E-state index contributed by atoms with van der Waals surface area (Å²) >= 11 is 0. The van der Waals surface area contributed by atoms with Gasteiger partial charge in [0.1, 0.15) is 30.0 Å². The Morgan fingerprint density at radius 3 is 2.12 bits per heavy atom. The number of likely N-dealkylation sites (N-methyl/N-ethyl adjacent to an activating group) is 2. The molecular formula is C38H72N2O12. The lowest BCUT2D eigenvalue weighted by atomic mass is 9.77. The van der Waals surface area contributed by atoms with Crippen LogP contribution in [0.3, 0.4) is 0 Å². The maximum atomic E-state index is 14.2. The molecule has 5 N–H and O–H groups in total. The summed E-state index contributed by atoms with van der Waals surface area (Å²) in [5.74, 6) is -2.58. The molecule has 0 aliphatic carbocycles. The molecule has 3 aliphatic heterocycles. The van der Waals surface area contributed by atoms with Crippen LogP contribution in [-0.4, -0.2) is 166 Å². The molecule has 306 valence electrons. The molecular weight excluding hydrogens is 676 g/mol. The Morgan fingerprint density at radius 2 is 1.56 bits per heavy atom. The fourth-order valence-electron chi connectivity index (χ4n) is 8.74. The number of carbonyl (C=O) groups excluding carboxylic acids is 1. The minimum atomic E-state index is -1.80. The molecule has 18 atom stereocenters. The number of aliphatic hydroxyl groups is 5. The number of methoxy groups -OCH3 is 1. The van der Waals surface area contributed by atoms with Gasteiger partial charge in [-0.25, -0.2) is 0 Å². The second kappa shape index (κ2) is 17.8. The Kier molecular flexibility index (Phi) is 15.6. The van der Waals surface area contributed by atoms with Crippen molar-refractivity contribution in [1.82, 2.24) is 9.80 Å². The number of nitrogens with zero attached hydrogens (tertiary/aromatic N) is 2. The summed E-state index contributed by atoms with van der Waals surface area (Å²) < 4.78 is 37.5. The van der Waals surface area contributed by atoms with E-state index in [2.05, 4.69) is 0 Å². The van der Waals surface area contributed by atoms with Crippen molar-refractivity contribution in [3.63, 3.8) is 0 Å². The molecule has 0 aromatic heterocycles. The van der Waals surface area contributed by atoms with Gasteiger partial charge in [-0.15, -0.1) is 0 Å². The molecule has 3 saturated heterocycles. The van der Waals surface area contributed by atoms with E-state index in [1.807, 2.05) is 51.7 Å². The second-order valence-electron chi connectivity index (χ2n) is 17.2. The van der Waals surface area contributed by atoms with Crippen molar-refractivity contribution in [3.05, 3.63) is 0 Å². The molecule has 14 nitrogen and oxygen atoms in total. The van der Waals surface area contributed by atoms with E-state index in [-0.39, 0.29) is 37.3 Å². The first-order chi connectivity index (χ1) is 23.9. The van der Waals surface area contributed by atoms with Gasteiger partial charge in [0.05, 0.1) is 41.5 Å². The van der Waals surface area contributed by atoms with Crippen molar-refractivity contribution in [1.29, 1.82) is 0 Å². The molecule has 3 rings (SSSR count). The highest BCUT2D eigenvalue weighted by atomic mass is 16.7. The minimum absolute atomic E-state index is 0.133. The smallest absolute Gasteiger partial charge is 0.311 e. The van der Waals surface area contributed by atoms with Crippen LogP contribution in [0.5, 0.6) is 0 Å². The van der Waals surface area contributed by atoms with Crippen molar-refractivity contribution in [2.45, 2.75) is 185 Å². The third-order valence-electron chi connectivity index (χ3n) is 12.2. The molecule has 52 heavy (non-hydrogen) atoms. The molecule has 3 heterocycles. The lowest BCUT2D eigenvalue weighted by Gasteiger charge is -2.48. The normalized spacial score (nSPS) is 49.6. The highest BCUT2D eigenvalue weighted by Gasteiger charge is 2.52. The first-order valence-electron chi connectivity index (χ1n) is 19.1. The predicted octanol–water partition coefficient (Wildman–Crippen LogP) is 1.90. The van der Waals surface area contributed by atoms with E-state index >= 15 is 0 Å². The van der Waals surface area contributed by atoms with Gasteiger partial charge in [0.15, 0.2) is 12.6 Å². The van der Waals surface area contributed by atoms with Crippen LogP contribution in [0.25, 0.3) is 0 Å². The van der Waals surface area contributed by atoms with Crippen LogP contribution in [0.15, 0.2) is 0 Å². The average molecular weight is 749 g/mol. The zero-order chi connectivity index (χ0) is 39.7. The average Bonchev–Trinajstić information content (AvgIpc) is 3.05. The van der Waals surface area contributed by atoms with Gasteiger partial charge < -0.3 is 63.8 Å². The van der Waals surface area contributed by atoms with Crippen LogP contribution in [0.2, 0.25) is 0 Å². The number of esters is 1. The third-order valence-corrected chi connectivity index (χ3v) is 12.2. The number of cyclic esters (lactones) is 1. The Morgan fingerprint density at radius 1 is 0.942 bits per heavy atom. The lowest BCUT2D eigenvalue weighted by Crippen LogP contribution is -2.60. The molecule has 0 bridgehead atoms. The summed E-state index contributed by atoms with van der Waals surface area (Å²) in [6.45, 7) is 18.0. The molecule has 0 aromatic rings. The highest BCUT2D eigenvalue weighted by Crippen LogP contribution is 2.40. The second-order valence-corrected chi connectivity index (χ2v) is 17.2. The number of hydrogen-bond donors (Lipinski definition) is 5. The van der Waals surface area contributed by atoms with Crippen LogP contribution in [-0.2, 0) is 33.2 Å². The summed E-state index contributed by atoms with van der Waals surface area (Å²) in [6, 6.07) is -0.808. The zero-order valence-electron chi connectivity index (χ0n) is 34.2. The fourth-order valence-corrected chi connectivity index (χ4v) is 8.74. The Bertz CT molecular complexity index is 1140. The maximum absolute atomic E-state index is 14.2. The highest BCUT2D eigenvalue weighted by molar-refractivity contribution is 5.73. The zero-order valence-corrected chi connectivity index (χ0v) is 34.2. The Hall–Kier alpha value is -1.01. The summed E-state index contributed by atoms with van der Waals surface area (Å²) in [7, 11) is 7.12. The molecule has 0 aromatic carbocycles. The van der Waals surface area contributed by atoms with E-state index in [4.69, 9.17) is 28.4 Å². The summed E-state index contributed by atoms with van der Waals surface area (Å²) in [5, 5.41) is 58.1. The van der Waals surface area contributed by atoms with Crippen molar-refractivity contribution >= 4 is 5.97 Å². The summed E-state index contributed by atoms with van der Waals surface area (Å²) in [5.41, 5.74) is -4.37. The topological polar surface area (TPSA) is 180 Å². The van der Waals surface area contributed by atoms with Gasteiger partial charge in [0.25, 0.3) is 0 Å². The van der Waals surface area contributed by atoms with Crippen LogP contribution in [0.1, 0.15) is 94.9 Å². The van der Waals surface area contributed by atoms with Gasteiger partial charge in [-0.3, -0.25) is 4.79 Å². The van der Waals surface area contributed by atoms with Crippen LogP contribution < -0.4 is 0 Å². The third kappa shape index (κ3) is 10.0. The quantitative estimate of drug-likeness (QED) is 0.238. The molecule has 3 fully saturated rings. The molecule has 14 heteroatoms. The first kappa shape index (κ1) is 45.4. The molecule has 3 aliphatic rings. The molecule has 0 radical (unpaired) electrons. The first-order valence-corrected chi connectivity index (χ1v) is 19.1. The molecule has 0 saturated carbocycles. The summed E-state index contributed by atoms with van der Waals surface area (Å²) in [4.78, 5) is 18.0. The van der Waals surface area contributed by atoms with E-state index in [0.717, 1.165) is 0 Å². The molecule has 0 amide bonds. The SMILES string of the molecule is CC[C@H]1OC(=O)[C@H](C)C(OC2CC(C)(OC)[C@@H](O)[C@H](C)O2)[C@H](C)[C@@H](O[C@@H]2O[C@H](C)C[C@H](N(C)C)[C@H]2O)[C@](C)(O)C[C@@H](C)CN(C)[C@H](C)[C@@H](O)[C@]1(C)O. The van der Waals surface area contributed by atoms with E-state index in [0.29, 0.717) is 13.0 Å². The fraction of sp³-hybridized carbons (Fsp3) is 0.974. The van der Waals surface area contributed by atoms with Gasteiger partial charge in [-0.1, -0.05) is 20.8 Å².